The topological polar surface area (TPSA) is 39.1 Å². The van der Waals surface area contributed by atoms with Gasteiger partial charge in [-0.2, -0.15) is 5.26 Å². The van der Waals surface area contributed by atoms with Gasteiger partial charge in [0, 0.05) is 6.04 Å². The monoisotopic (exact) mass is 289 g/mol. The van der Waals surface area contributed by atoms with Gasteiger partial charge in [-0.1, -0.05) is 25.7 Å². The van der Waals surface area contributed by atoms with Crippen molar-refractivity contribution in [2.45, 2.75) is 82.2 Å². The molecule has 0 spiro atoms. The molecule has 1 saturated heterocycles. The first-order valence-corrected chi connectivity index (χ1v) is 9.24. The SMILES string of the molecule is N#CC1(NC2CC2)CCCC1CCN1CCCCCCC1. The zero-order valence-electron chi connectivity index (χ0n) is 13.4. The van der Waals surface area contributed by atoms with Crippen molar-refractivity contribution in [1.29, 1.82) is 5.26 Å². The predicted octanol–water partition coefficient (Wildman–Crippen LogP) is 3.46. The average molecular weight is 289 g/mol. The molecule has 0 amide bonds. The van der Waals surface area contributed by atoms with Crippen LogP contribution in [0.5, 0.6) is 0 Å². The molecule has 21 heavy (non-hydrogen) atoms. The van der Waals surface area contributed by atoms with Crippen LogP contribution < -0.4 is 5.32 Å². The molecule has 0 radical (unpaired) electrons. The minimum Gasteiger partial charge on any atom is -0.303 e. The minimum absolute atomic E-state index is 0.191. The highest BCUT2D eigenvalue weighted by atomic mass is 15.1. The molecule has 0 aromatic heterocycles. The Morgan fingerprint density at radius 2 is 1.71 bits per heavy atom. The van der Waals surface area contributed by atoms with Gasteiger partial charge >= 0.3 is 0 Å². The summed E-state index contributed by atoms with van der Waals surface area (Å²) < 4.78 is 0. The molecule has 3 fully saturated rings. The summed E-state index contributed by atoms with van der Waals surface area (Å²) in [7, 11) is 0. The van der Waals surface area contributed by atoms with E-state index in [2.05, 4.69) is 16.3 Å². The van der Waals surface area contributed by atoms with Gasteiger partial charge in [-0.25, -0.2) is 0 Å². The summed E-state index contributed by atoms with van der Waals surface area (Å²) in [6.45, 7) is 3.77. The van der Waals surface area contributed by atoms with E-state index >= 15 is 0 Å². The lowest BCUT2D eigenvalue weighted by atomic mass is 9.85. The van der Waals surface area contributed by atoms with Crippen LogP contribution in [0.1, 0.15) is 70.6 Å². The fourth-order valence-corrected chi connectivity index (χ4v) is 4.30. The maximum Gasteiger partial charge on any atom is 0.109 e. The van der Waals surface area contributed by atoms with Gasteiger partial charge in [-0.05, 0) is 70.5 Å². The third kappa shape index (κ3) is 3.99. The van der Waals surface area contributed by atoms with Gasteiger partial charge in [0.15, 0.2) is 0 Å². The van der Waals surface area contributed by atoms with E-state index in [4.69, 9.17) is 0 Å². The molecule has 2 atom stereocenters. The molecule has 2 unspecified atom stereocenters. The van der Waals surface area contributed by atoms with E-state index in [0.29, 0.717) is 12.0 Å². The van der Waals surface area contributed by atoms with Gasteiger partial charge in [0.25, 0.3) is 0 Å². The number of nitriles is 1. The lowest BCUT2D eigenvalue weighted by Gasteiger charge is -2.32. The maximum absolute atomic E-state index is 9.76. The van der Waals surface area contributed by atoms with Crippen LogP contribution in [0, 0.1) is 17.2 Å². The van der Waals surface area contributed by atoms with Crippen LogP contribution in [0.25, 0.3) is 0 Å². The quantitative estimate of drug-likeness (QED) is 0.842. The van der Waals surface area contributed by atoms with Crippen LogP contribution in [0.15, 0.2) is 0 Å². The largest absolute Gasteiger partial charge is 0.303 e. The van der Waals surface area contributed by atoms with Crippen LogP contribution in [-0.2, 0) is 0 Å². The van der Waals surface area contributed by atoms with Crippen LogP contribution in [-0.4, -0.2) is 36.1 Å². The van der Waals surface area contributed by atoms with Gasteiger partial charge in [-0.15, -0.1) is 0 Å². The van der Waals surface area contributed by atoms with Crippen molar-refractivity contribution in [2.75, 3.05) is 19.6 Å². The molecule has 1 heterocycles. The van der Waals surface area contributed by atoms with Crippen molar-refractivity contribution in [3.63, 3.8) is 0 Å². The smallest absolute Gasteiger partial charge is 0.109 e. The van der Waals surface area contributed by atoms with Crippen LogP contribution in [0.2, 0.25) is 0 Å². The Bertz CT molecular complexity index is 363. The number of nitrogens with one attached hydrogen (secondary N) is 1. The van der Waals surface area contributed by atoms with Gasteiger partial charge in [0.2, 0.25) is 0 Å². The third-order valence-electron chi connectivity index (χ3n) is 5.80. The molecule has 2 saturated carbocycles. The molecule has 0 bridgehead atoms. The highest BCUT2D eigenvalue weighted by Gasteiger charge is 2.45. The lowest BCUT2D eigenvalue weighted by Crippen LogP contribution is -2.49. The van der Waals surface area contributed by atoms with E-state index in [0.717, 1.165) is 6.42 Å². The van der Waals surface area contributed by atoms with Crippen LogP contribution >= 0.6 is 0 Å². The molecule has 3 rings (SSSR count). The summed E-state index contributed by atoms with van der Waals surface area (Å²) in [6, 6.07) is 3.32. The van der Waals surface area contributed by atoms with E-state index in [1.807, 2.05) is 0 Å². The summed E-state index contributed by atoms with van der Waals surface area (Å²) in [5, 5.41) is 13.5. The Balaban J connectivity index is 1.51. The number of likely N-dealkylation sites (tertiary alicyclic amines) is 1. The van der Waals surface area contributed by atoms with E-state index in [1.54, 1.807) is 0 Å². The molecule has 1 aliphatic heterocycles. The normalized spacial score (nSPS) is 35.1. The molecule has 118 valence electrons. The molecule has 3 nitrogen and oxygen atoms in total. The molecule has 0 aromatic rings. The Hall–Kier alpha value is -0.590. The summed E-state index contributed by atoms with van der Waals surface area (Å²) >= 11 is 0. The summed E-state index contributed by atoms with van der Waals surface area (Å²) in [6.07, 6.45) is 14.3. The van der Waals surface area contributed by atoms with E-state index in [1.165, 1.54) is 83.8 Å². The molecule has 2 aliphatic carbocycles. The first-order chi connectivity index (χ1) is 10.3. The van der Waals surface area contributed by atoms with Crippen molar-refractivity contribution >= 4 is 0 Å². The molecule has 1 N–H and O–H groups in total. The van der Waals surface area contributed by atoms with Crippen molar-refractivity contribution in [1.82, 2.24) is 10.2 Å². The first-order valence-electron chi connectivity index (χ1n) is 9.24. The summed E-state index contributed by atoms with van der Waals surface area (Å²) in [4.78, 5) is 2.66. The van der Waals surface area contributed by atoms with Crippen molar-refractivity contribution in [3.05, 3.63) is 0 Å². The average Bonchev–Trinajstić information content (AvgIpc) is 3.17. The highest BCUT2D eigenvalue weighted by Crippen LogP contribution is 2.40. The summed E-state index contributed by atoms with van der Waals surface area (Å²) in [5.41, 5.74) is -0.191. The Morgan fingerprint density at radius 3 is 2.38 bits per heavy atom. The van der Waals surface area contributed by atoms with Crippen molar-refractivity contribution < 1.29 is 0 Å². The van der Waals surface area contributed by atoms with E-state index in [-0.39, 0.29) is 5.54 Å². The number of rotatable bonds is 5. The molecule has 3 aliphatic rings. The maximum atomic E-state index is 9.76. The zero-order valence-corrected chi connectivity index (χ0v) is 13.4. The first kappa shape index (κ1) is 15.3. The van der Waals surface area contributed by atoms with Crippen molar-refractivity contribution in [2.24, 2.45) is 5.92 Å². The van der Waals surface area contributed by atoms with Gasteiger partial charge in [-0.3, -0.25) is 5.32 Å². The highest BCUT2D eigenvalue weighted by molar-refractivity contribution is 5.16. The Kier molecular flexibility index (Phi) is 5.19. The van der Waals surface area contributed by atoms with Crippen molar-refractivity contribution in [3.8, 4) is 6.07 Å². The molecule has 3 heteroatoms. The fraction of sp³-hybridized carbons (Fsp3) is 0.944. The second-order valence-electron chi connectivity index (χ2n) is 7.49. The molecule has 0 aromatic carbocycles. The number of hydrogen-bond donors (Lipinski definition) is 1. The minimum atomic E-state index is -0.191. The van der Waals surface area contributed by atoms with Gasteiger partial charge < -0.3 is 4.90 Å². The zero-order chi connectivity index (χ0) is 14.5. The second kappa shape index (κ2) is 7.11. The van der Waals surface area contributed by atoms with Gasteiger partial charge in [0.05, 0.1) is 6.07 Å². The summed E-state index contributed by atoms with van der Waals surface area (Å²) in [5.74, 6) is 0.577. The van der Waals surface area contributed by atoms with Crippen LogP contribution in [0.3, 0.4) is 0 Å². The van der Waals surface area contributed by atoms with E-state index < -0.39 is 0 Å². The Morgan fingerprint density at radius 1 is 1.00 bits per heavy atom. The third-order valence-corrected chi connectivity index (χ3v) is 5.80. The second-order valence-corrected chi connectivity index (χ2v) is 7.49. The Labute approximate surface area is 130 Å². The number of hydrogen-bond acceptors (Lipinski definition) is 3. The predicted molar refractivity (Wildman–Crippen MR) is 86.0 cm³/mol. The van der Waals surface area contributed by atoms with E-state index in [9.17, 15) is 5.26 Å². The lowest BCUT2D eigenvalue weighted by molar-refractivity contribution is 0.207. The number of nitrogens with zero attached hydrogens (tertiary/aromatic N) is 2. The van der Waals surface area contributed by atoms with Crippen LogP contribution in [0.4, 0.5) is 0 Å². The van der Waals surface area contributed by atoms with Gasteiger partial charge in [0.1, 0.15) is 5.54 Å². The molecular weight excluding hydrogens is 258 g/mol. The molecular formula is C18H31N3. The fourth-order valence-electron chi connectivity index (χ4n) is 4.30. The standard InChI is InChI=1S/C18H31N3/c19-15-18(20-17-8-9-17)11-6-7-16(18)10-14-21-12-4-2-1-3-5-13-21/h16-17,20H,1-14H2.